The molecule has 1 atom stereocenters. The summed E-state index contributed by atoms with van der Waals surface area (Å²) in [7, 11) is 0. The second-order valence-corrected chi connectivity index (χ2v) is 3.17. The molecule has 0 aromatic rings. The predicted molar refractivity (Wildman–Crippen MR) is 56.0 cm³/mol. The van der Waals surface area contributed by atoms with Crippen molar-refractivity contribution in [2.75, 3.05) is 13.2 Å². The number of hydrogen-bond acceptors (Lipinski definition) is 3. The second-order valence-electron chi connectivity index (χ2n) is 3.17. The lowest BCUT2D eigenvalue weighted by Crippen LogP contribution is -2.24. The second kappa shape index (κ2) is 7.71. The minimum absolute atomic E-state index is 0.0973. The smallest absolute Gasteiger partial charge is 0.163 e. The van der Waals surface area contributed by atoms with E-state index in [4.69, 9.17) is 9.47 Å². The lowest BCUT2D eigenvalue weighted by atomic mass is 10.1. The van der Waals surface area contributed by atoms with E-state index < -0.39 is 0 Å². The average molecular weight is 200 g/mol. The van der Waals surface area contributed by atoms with Gasteiger partial charge in [-0.3, -0.25) is 4.79 Å². The standard InChI is InChI=1S/C11H20O3/c1-5-13-11(14-6-2)10(4)7-9(3)8-12/h7-8,10-11H,5-6H2,1-4H3/b9-7+. The van der Waals surface area contributed by atoms with Gasteiger partial charge >= 0.3 is 0 Å². The predicted octanol–water partition coefficient (Wildman–Crippen LogP) is 2.17. The minimum atomic E-state index is -0.250. The SMILES string of the molecule is CCOC(OCC)C(C)/C=C(\C)C=O. The molecule has 0 bridgehead atoms. The first kappa shape index (κ1) is 13.3. The maximum absolute atomic E-state index is 10.4. The van der Waals surface area contributed by atoms with Crippen LogP contribution in [0, 0.1) is 5.92 Å². The van der Waals surface area contributed by atoms with Crippen LogP contribution in [-0.2, 0) is 14.3 Å². The number of aldehydes is 1. The van der Waals surface area contributed by atoms with Gasteiger partial charge in [-0.05, 0) is 26.3 Å². The fourth-order valence-corrected chi connectivity index (χ4v) is 1.21. The fraction of sp³-hybridized carbons (Fsp3) is 0.727. The van der Waals surface area contributed by atoms with Crippen LogP contribution in [0.3, 0.4) is 0 Å². The zero-order valence-electron chi connectivity index (χ0n) is 9.45. The molecule has 0 spiro atoms. The molecular formula is C11H20O3. The first-order valence-electron chi connectivity index (χ1n) is 5.02. The first-order valence-corrected chi connectivity index (χ1v) is 5.02. The van der Waals surface area contributed by atoms with Crippen LogP contribution in [0.5, 0.6) is 0 Å². The highest BCUT2D eigenvalue weighted by molar-refractivity contribution is 5.72. The molecule has 3 nitrogen and oxygen atoms in total. The quantitative estimate of drug-likeness (QED) is 0.359. The topological polar surface area (TPSA) is 35.5 Å². The largest absolute Gasteiger partial charge is 0.352 e. The van der Waals surface area contributed by atoms with Crippen molar-refractivity contribution in [1.82, 2.24) is 0 Å². The number of carbonyl (C=O) groups is 1. The summed E-state index contributed by atoms with van der Waals surface area (Å²) >= 11 is 0. The van der Waals surface area contributed by atoms with Gasteiger partial charge in [0.2, 0.25) is 0 Å². The molecule has 0 saturated carbocycles. The molecule has 0 aromatic carbocycles. The molecule has 0 rings (SSSR count). The van der Waals surface area contributed by atoms with Crippen LogP contribution in [0.25, 0.3) is 0 Å². The maximum Gasteiger partial charge on any atom is 0.163 e. The monoisotopic (exact) mass is 200 g/mol. The van der Waals surface area contributed by atoms with E-state index in [9.17, 15) is 4.79 Å². The van der Waals surface area contributed by atoms with Gasteiger partial charge in [-0.2, -0.15) is 0 Å². The van der Waals surface area contributed by atoms with Crippen molar-refractivity contribution in [2.45, 2.75) is 34.0 Å². The summed E-state index contributed by atoms with van der Waals surface area (Å²) in [6.07, 6.45) is 2.45. The van der Waals surface area contributed by atoms with Crippen molar-refractivity contribution in [2.24, 2.45) is 5.92 Å². The van der Waals surface area contributed by atoms with Crippen molar-refractivity contribution >= 4 is 6.29 Å². The lowest BCUT2D eigenvalue weighted by molar-refractivity contribution is -0.154. The van der Waals surface area contributed by atoms with Crippen LogP contribution in [0.4, 0.5) is 0 Å². The molecule has 1 unspecified atom stereocenters. The normalized spacial score (nSPS) is 14.5. The van der Waals surface area contributed by atoms with Crippen molar-refractivity contribution in [3.63, 3.8) is 0 Å². The Labute approximate surface area is 86.1 Å². The minimum Gasteiger partial charge on any atom is -0.352 e. The molecule has 0 aliphatic heterocycles. The molecule has 0 fully saturated rings. The molecule has 0 amide bonds. The average Bonchev–Trinajstić information content (AvgIpc) is 2.17. The molecule has 0 saturated heterocycles. The molecule has 3 heteroatoms. The van der Waals surface area contributed by atoms with E-state index in [1.54, 1.807) is 6.92 Å². The van der Waals surface area contributed by atoms with Gasteiger partial charge in [-0.1, -0.05) is 13.0 Å². The highest BCUT2D eigenvalue weighted by Crippen LogP contribution is 2.12. The Morgan fingerprint density at radius 1 is 1.29 bits per heavy atom. The van der Waals surface area contributed by atoms with Gasteiger partial charge in [0.05, 0.1) is 0 Å². The van der Waals surface area contributed by atoms with E-state index >= 15 is 0 Å². The van der Waals surface area contributed by atoms with Crippen LogP contribution in [0.2, 0.25) is 0 Å². The first-order chi connectivity index (χ1) is 6.65. The van der Waals surface area contributed by atoms with Gasteiger partial charge in [0.1, 0.15) is 6.29 Å². The number of rotatable bonds is 7. The van der Waals surface area contributed by atoms with Crippen molar-refractivity contribution in [3.05, 3.63) is 11.6 Å². The van der Waals surface area contributed by atoms with E-state index in [0.29, 0.717) is 18.8 Å². The highest BCUT2D eigenvalue weighted by Gasteiger charge is 2.15. The van der Waals surface area contributed by atoms with Gasteiger partial charge in [0.15, 0.2) is 6.29 Å². The Morgan fingerprint density at radius 2 is 1.79 bits per heavy atom. The molecule has 0 aliphatic carbocycles. The van der Waals surface area contributed by atoms with E-state index in [-0.39, 0.29) is 12.2 Å². The molecule has 14 heavy (non-hydrogen) atoms. The van der Waals surface area contributed by atoms with E-state index in [1.807, 2.05) is 26.8 Å². The Hall–Kier alpha value is -0.670. The molecule has 0 N–H and O–H groups in total. The van der Waals surface area contributed by atoms with Gasteiger partial charge in [0.25, 0.3) is 0 Å². The maximum atomic E-state index is 10.4. The highest BCUT2D eigenvalue weighted by atomic mass is 16.7. The molecule has 0 heterocycles. The molecule has 82 valence electrons. The molecular weight excluding hydrogens is 180 g/mol. The Kier molecular flexibility index (Phi) is 7.34. The number of hydrogen-bond donors (Lipinski definition) is 0. The van der Waals surface area contributed by atoms with Gasteiger partial charge < -0.3 is 9.47 Å². The van der Waals surface area contributed by atoms with Crippen LogP contribution in [0.1, 0.15) is 27.7 Å². The van der Waals surface area contributed by atoms with Crippen LogP contribution in [-0.4, -0.2) is 25.8 Å². The van der Waals surface area contributed by atoms with Crippen LogP contribution in [0.15, 0.2) is 11.6 Å². The van der Waals surface area contributed by atoms with E-state index in [0.717, 1.165) is 6.29 Å². The summed E-state index contributed by atoms with van der Waals surface area (Å²) in [4.78, 5) is 10.4. The van der Waals surface area contributed by atoms with Gasteiger partial charge in [-0.25, -0.2) is 0 Å². The third-order valence-corrected chi connectivity index (χ3v) is 1.80. The van der Waals surface area contributed by atoms with Crippen molar-refractivity contribution < 1.29 is 14.3 Å². The van der Waals surface area contributed by atoms with Crippen LogP contribution >= 0.6 is 0 Å². The molecule has 0 aromatic heterocycles. The van der Waals surface area contributed by atoms with Crippen LogP contribution < -0.4 is 0 Å². The number of allylic oxidation sites excluding steroid dienone is 1. The summed E-state index contributed by atoms with van der Waals surface area (Å²) in [6.45, 7) is 8.83. The Morgan fingerprint density at radius 3 is 2.14 bits per heavy atom. The summed E-state index contributed by atoms with van der Waals surface area (Å²) < 4.78 is 10.8. The van der Waals surface area contributed by atoms with E-state index in [2.05, 4.69) is 0 Å². The summed E-state index contributed by atoms with van der Waals surface area (Å²) in [5, 5.41) is 0. The van der Waals surface area contributed by atoms with Crippen molar-refractivity contribution in [3.8, 4) is 0 Å². The molecule has 0 aliphatic rings. The summed E-state index contributed by atoms with van der Waals surface area (Å²) in [6, 6.07) is 0. The third kappa shape index (κ3) is 5.14. The van der Waals surface area contributed by atoms with Gasteiger partial charge in [0, 0.05) is 19.1 Å². The zero-order valence-corrected chi connectivity index (χ0v) is 9.45. The van der Waals surface area contributed by atoms with E-state index in [1.165, 1.54) is 0 Å². The Bertz CT molecular complexity index is 181. The van der Waals surface area contributed by atoms with Crippen molar-refractivity contribution in [1.29, 1.82) is 0 Å². The third-order valence-electron chi connectivity index (χ3n) is 1.80. The molecule has 0 radical (unpaired) electrons. The Balaban J connectivity index is 4.26. The van der Waals surface area contributed by atoms with Gasteiger partial charge in [-0.15, -0.1) is 0 Å². The fourth-order valence-electron chi connectivity index (χ4n) is 1.21. The zero-order chi connectivity index (χ0) is 11.0. The summed E-state index contributed by atoms with van der Waals surface area (Å²) in [5.41, 5.74) is 0.710. The number of ether oxygens (including phenoxy) is 2. The number of carbonyl (C=O) groups excluding carboxylic acids is 1. The lowest BCUT2D eigenvalue weighted by Gasteiger charge is -2.21. The summed E-state index contributed by atoms with van der Waals surface area (Å²) in [5.74, 6) is 0.0973.